The standard InChI is InChI=1S/C24H23FN8O/c1-2-34-24-30-21(27)20-23(31-24)33(22(29-20)18-7-19(25)10-28-9-18)14-16-5-3-15(4-6-16)11-32-12-17(8-26)13-32/h3-7,9-10,17H,2,11-14H2,1H3,(H2,27,30,31). The molecule has 0 atom stereocenters. The molecule has 34 heavy (non-hydrogen) atoms. The first kappa shape index (κ1) is 21.7. The fourth-order valence-electron chi connectivity index (χ4n) is 4.07. The van der Waals surface area contributed by atoms with Crippen molar-refractivity contribution in [2.45, 2.75) is 20.0 Å². The van der Waals surface area contributed by atoms with Crippen molar-refractivity contribution in [1.82, 2.24) is 29.4 Å². The van der Waals surface area contributed by atoms with E-state index in [1.165, 1.54) is 11.6 Å². The Balaban J connectivity index is 1.49. The highest BCUT2D eigenvalue weighted by Gasteiger charge is 2.26. The summed E-state index contributed by atoms with van der Waals surface area (Å²) in [5.74, 6) is 0.363. The molecule has 4 heterocycles. The molecule has 1 aromatic carbocycles. The summed E-state index contributed by atoms with van der Waals surface area (Å²) in [7, 11) is 0. The summed E-state index contributed by atoms with van der Waals surface area (Å²) in [6.07, 6.45) is 2.70. The van der Waals surface area contributed by atoms with Crippen LogP contribution in [0.1, 0.15) is 18.1 Å². The Hall–Kier alpha value is -4.10. The van der Waals surface area contributed by atoms with Gasteiger partial charge in [-0.1, -0.05) is 24.3 Å². The maximum atomic E-state index is 13.9. The van der Waals surface area contributed by atoms with Gasteiger partial charge in [0.15, 0.2) is 17.0 Å². The Morgan fingerprint density at radius 3 is 2.53 bits per heavy atom. The molecule has 1 aliphatic rings. The van der Waals surface area contributed by atoms with E-state index in [0.29, 0.717) is 35.7 Å². The number of nitrogens with two attached hydrogens (primary N) is 1. The molecule has 0 radical (unpaired) electrons. The third kappa shape index (κ3) is 4.25. The van der Waals surface area contributed by atoms with Crippen LogP contribution in [-0.4, -0.2) is 49.1 Å². The quantitative estimate of drug-likeness (QED) is 0.449. The molecular formula is C24H23FN8O. The van der Waals surface area contributed by atoms with Crippen LogP contribution in [0.25, 0.3) is 22.6 Å². The minimum absolute atomic E-state index is 0.139. The first-order chi connectivity index (χ1) is 16.5. The highest BCUT2D eigenvalue weighted by atomic mass is 19.1. The largest absolute Gasteiger partial charge is 0.464 e. The predicted molar refractivity (Wildman–Crippen MR) is 124 cm³/mol. The number of nitriles is 1. The minimum atomic E-state index is -0.459. The molecule has 0 bridgehead atoms. The minimum Gasteiger partial charge on any atom is -0.464 e. The zero-order valence-corrected chi connectivity index (χ0v) is 18.6. The number of rotatable bonds is 7. The van der Waals surface area contributed by atoms with Gasteiger partial charge in [-0.3, -0.25) is 9.88 Å². The van der Waals surface area contributed by atoms with E-state index in [0.717, 1.165) is 31.4 Å². The summed E-state index contributed by atoms with van der Waals surface area (Å²) in [6, 6.07) is 12.1. The summed E-state index contributed by atoms with van der Waals surface area (Å²) >= 11 is 0. The molecule has 9 nitrogen and oxygen atoms in total. The van der Waals surface area contributed by atoms with Crippen molar-refractivity contribution in [3.8, 4) is 23.5 Å². The Labute approximate surface area is 195 Å². The van der Waals surface area contributed by atoms with Gasteiger partial charge in [-0.15, -0.1) is 0 Å². The number of aromatic nitrogens is 5. The van der Waals surface area contributed by atoms with Gasteiger partial charge in [0, 0.05) is 31.4 Å². The van der Waals surface area contributed by atoms with Crippen molar-refractivity contribution in [1.29, 1.82) is 5.26 Å². The Kier molecular flexibility index (Phi) is 5.77. The molecular weight excluding hydrogens is 435 g/mol. The topological polar surface area (TPSA) is 119 Å². The average Bonchev–Trinajstić information content (AvgIpc) is 3.16. The molecule has 0 amide bonds. The van der Waals surface area contributed by atoms with Crippen molar-refractivity contribution in [2.24, 2.45) is 5.92 Å². The second-order valence-electron chi connectivity index (χ2n) is 8.25. The fourth-order valence-corrected chi connectivity index (χ4v) is 4.07. The second kappa shape index (κ2) is 9.03. The molecule has 0 spiro atoms. The lowest BCUT2D eigenvalue weighted by Gasteiger charge is -2.35. The molecule has 1 saturated heterocycles. The highest BCUT2D eigenvalue weighted by Crippen LogP contribution is 2.29. The summed E-state index contributed by atoms with van der Waals surface area (Å²) in [6.45, 7) is 5.11. The number of imidazole rings is 1. The van der Waals surface area contributed by atoms with Gasteiger partial charge < -0.3 is 15.0 Å². The molecule has 5 rings (SSSR count). The van der Waals surface area contributed by atoms with Crippen LogP contribution in [0, 0.1) is 23.1 Å². The van der Waals surface area contributed by atoms with Crippen molar-refractivity contribution < 1.29 is 9.13 Å². The number of hydrogen-bond acceptors (Lipinski definition) is 8. The number of nitrogens with zero attached hydrogens (tertiary/aromatic N) is 7. The number of nitrogen functional groups attached to an aromatic ring is 1. The van der Waals surface area contributed by atoms with Crippen molar-refractivity contribution in [2.75, 3.05) is 25.4 Å². The Morgan fingerprint density at radius 1 is 1.12 bits per heavy atom. The van der Waals surface area contributed by atoms with E-state index in [2.05, 4.69) is 43.0 Å². The lowest BCUT2D eigenvalue weighted by Crippen LogP contribution is -2.45. The Morgan fingerprint density at radius 2 is 1.85 bits per heavy atom. The van der Waals surface area contributed by atoms with E-state index in [9.17, 15) is 4.39 Å². The summed E-state index contributed by atoms with van der Waals surface area (Å²) in [5, 5.41) is 8.95. The molecule has 0 saturated carbocycles. The van der Waals surface area contributed by atoms with E-state index in [1.807, 2.05) is 23.6 Å². The second-order valence-corrected chi connectivity index (χ2v) is 8.25. The van der Waals surface area contributed by atoms with Gasteiger partial charge in [0.05, 0.1) is 31.3 Å². The van der Waals surface area contributed by atoms with Gasteiger partial charge in [-0.05, 0) is 24.1 Å². The monoisotopic (exact) mass is 458 g/mol. The molecule has 0 unspecified atom stereocenters. The third-order valence-electron chi connectivity index (χ3n) is 5.75. The maximum Gasteiger partial charge on any atom is 0.320 e. The number of likely N-dealkylation sites (tertiary alicyclic amines) is 1. The first-order valence-electron chi connectivity index (χ1n) is 11.0. The number of benzene rings is 1. The number of pyridine rings is 1. The van der Waals surface area contributed by atoms with Crippen LogP contribution in [0.3, 0.4) is 0 Å². The molecule has 3 aromatic heterocycles. The number of ether oxygens (including phenoxy) is 1. The van der Waals surface area contributed by atoms with Crippen LogP contribution in [0.4, 0.5) is 10.2 Å². The van der Waals surface area contributed by atoms with Crippen LogP contribution in [0.2, 0.25) is 0 Å². The number of anilines is 1. The van der Waals surface area contributed by atoms with Gasteiger partial charge in [0.2, 0.25) is 0 Å². The molecule has 10 heteroatoms. The van der Waals surface area contributed by atoms with Crippen LogP contribution in [0.15, 0.2) is 42.7 Å². The van der Waals surface area contributed by atoms with Crippen LogP contribution < -0.4 is 10.5 Å². The zero-order chi connectivity index (χ0) is 23.7. The van der Waals surface area contributed by atoms with Gasteiger partial charge in [-0.25, -0.2) is 9.37 Å². The normalized spacial score (nSPS) is 14.1. The number of halogens is 1. The summed E-state index contributed by atoms with van der Waals surface area (Å²) in [5.41, 5.74) is 9.78. The van der Waals surface area contributed by atoms with Gasteiger partial charge in [0.25, 0.3) is 0 Å². The lowest BCUT2D eigenvalue weighted by atomic mass is 10.0. The van der Waals surface area contributed by atoms with E-state index in [4.69, 9.17) is 15.7 Å². The first-order valence-corrected chi connectivity index (χ1v) is 11.0. The number of hydrogen-bond donors (Lipinski definition) is 1. The molecule has 1 aliphatic heterocycles. The van der Waals surface area contributed by atoms with Crippen LogP contribution >= 0.6 is 0 Å². The third-order valence-corrected chi connectivity index (χ3v) is 5.75. The fraction of sp³-hybridized carbons (Fsp3) is 0.292. The van der Waals surface area contributed by atoms with Crippen molar-refractivity contribution in [3.05, 3.63) is 59.7 Å². The molecule has 172 valence electrons. The molecule has 0 aliphatic carbocycles. The van der Waals surface area contributed by atoms with Crippen molar-refractivity contribution in [3.63, 3.8) is 0 Å². The molecule has 1 fully saturated rings. The van der Waals surface area contributed by atoms with E-state index in [1.54, 1.807) is 6.20 Å². The summed E-state index contributed by atoms with van der Waals surface area (Å²) in [4.78, 5) is 19.5. The van der Waals surface area contributed by atoms with Crippen LogP contribution in [-0.2, 0) is 13.1 Å². The molecule has 4 aromatic rings. The van der Waals surface area contributed by atoms with E-state index >= 15 is 0 Å². The smallest absolute Gasteiger partial charge is 0.320 e. The van der Waals surface area contributed by atoms with Gasteiger partial charge >= 0.3 is 6.01 Å². The average molecular weight is 459 g/mol. The number of fused-ring (bicyclic) bond motifs is 1. The van der Waals surface area contributed by atoms with Crippen LogP contribution in [0.5, 0.6) is 6.01 Å². The Bertz CT molecular complexity index is 1370. The van der Waals surface area contributed by atoms with Gasteiger partial charge in [0.1, 0.15) is 11.6 Å². The lowest BCUT2D eigenvalue weighted by molar-refractivity contribution is 0.127. The highest BCUT2D eigenvalue weighted by molar-refractivity contribution is 5.85. The maximum absolute atomic E-state index is 13.9. The predicted octanol–water partition coefficient (Wildman–Crippen LogP) is 3.01. The van der Waals surface area contributed by atoms with Gasteiger partial charge in [-0.2, -0.15) is 15.2 Å². The van der Waals surface area contributed by atoms with E-state index < -0.39 is 5.82 Å². The SMILES string of the molecule is CCOc1nc(N)c2nc(-c3cncc(F)c3)n(Cc3ccc(CN4CC(C#N)C4)cc3)c2n1. The van der Waals surface area contributed by atoms with E-state index in [-0.39, 0.29) is 17.7 Å². The zero-order valence-electron chi connectivity index (χ0n) is 18.6. The summed E-state index contributed by atoms with van der Waals surface area (Å²) < 4.78 is 21.3. The van der Waals surface area contributed by atoms with Crippen molar-refractivity contribution >= 4 is 17.0 Å². The molecule has 2 N–H and O–H groups in total.